The van der Waals surface area contributed by atoms with E-state index < -0.39 is 17.7 Å². The van der Waals surface area contributed by atoms with Gasteiger partial charge < -0.3 is 29.4 Å². The van der Waals surface area contributed by atoms with Crippen LogP contribution in [0.2, 0.25) is 0 Å². The van der Waals surface area contributed by atoms with Gasteiger partial charge in [-0.25, -0.2) is 19.9 Å². The maximum absolute atomic E-state index is 14.2. The molecule has 4 aromatic rings. The molecule has 1 aliphatic heterocycles. The first-order chi connectivity index (χ1) is 23.9. The molecule has 3 aliphatic rings. The number of methoxy groups -OCH3 is 1. The second kappa shape index (κ2) is 14.9. The van der Waals surface area contributed by atoms with E-state index in [-0.39, 0.29) is 64.6 Å². The molecule has 1 N–H and O–H groups in total. The van der Waals surface area contributed by atoms with Crippen molar-refractivity contribution < 1.29 is 57.4 Å². The van der Waals surface area contributed by atoms with Crippen LogP contribution >= 0.6 is 0 Å². The second-order valence-electron chi connectivity index (χ2n) is 14.1. The summed E-state index contributed by atoms with van der Waals surface area (Å²) in [6.07, 6.45) is 4.87. The molecule has 3 fully saturated rings. The maximum atomic E-state index is 14.2. The third-order valence-corrected chi connectivity index (χ3v) is 10.3. The first-order valence-corrected chi connectivity index (χ1v) is 17.1. The third kappa shape index (κ3) is 8.02. The van der Waals surface area contributed by atoms with Gasteiger partial charge in [0.05, 0.1) is 41.6 Å². The average molecular weight is 716 g/mol. The van der Waals surface area contributed by atoms with Crippen LogP contribution < -0.4 is 44.5 Å². The summed E-state index contributed by atoms with van der Waals surface area (Å²) in [4.78, 5) is 43.8. The summed E-state index contributed by atoms with van der Waals surface area (Å²) >= 11 is 0. The summed E-state index contributed by atoms with van der Waals surface area (Å²) in [5, 5.41) is 10.9. The molecule has 0 spiro atoms. The van der Waals surface area contributed by atoms with Gasteiger partial charge in [-0.15, -0.1) is 0 Å². The number of hydrogen-bond acceptors (Lipinski definition) is 11. The van der Waals surface area contributed by atoms with Crippen LogP contribution in [0.15, 0.2) is 30.7 Å². The predicted molar refractivity (Wildman–Crippen MR) is 179 cm³/mol. The van der Waals surface area contributed by atoms with Crippen molar-refractivity contribution in [2.75, 3.05) is 63.3 Å². The summed E-state index contributed by atoms with van der Waals surface area (Å²) in [7, 11) is 3.67. The molecule has 1 atom stereocenters. The van der Waals surface area contributed by atoms with E-state index in [2.05, 4.69) is 41.6 Å². The minimum absolute atomic E-state index is 0. The van der Waals surface area contributed by atoms with Crippen LogP contribution in [0.1, 0.15) is 62.6 Å². The molecule has 2 saturated carbocycles. The molecule has 0 unspecified atom stereocenters. The number of imidazole rings is 1. The van der Waals surface area contributed by atoms with Crippen molar-refractivity contribution in [3.8, 4) is 22.8 Å². The molecule has 0 radical (unpaired) electrons. The number of pyridine rings is 2. The zero-order chi connectivity index (χ0) is 35.2. The summed E-state index contributed by atoms with van der Waals surface area (Å²) in [6, 6.07) is 3.10. The van der Waals surface area contributed by atoms with E-state index in [0.717, 1.165) is 24.9 Å². The van der Waals surface area contributed by atoms with E-state index in [4.69, 9.17) is 14.7 Å². The fraction of sp³-hybridized carbons (Fsp3) is 0.543. The van der Waals surface area contributed by atoms with Gasteiger partial charge in [-0.1, -0.05) is 6.42 Å². The van der Waals surface area contributed by atoms with Crippen molar-refractivity contribution in [2.24, 2.45) is 5.41 Å². The zero-order valence-corrected chi connectivity index (χ0v) is 31.5. The fourth-order valence-corrected chi connectivity index (χ4v) is 7.36. The van der Waals surface area contributed by atoms with Crippen molar-refractivity contribution in [2.45, 2.75) is 63.6 Å². The van der Waals surface area contributed by atoms with Crippen LogP contribution in [0.5, 0.6) is 0 Å². The van der Waals surface area contributed by atoms with E-state index in [9.17, 15) is 23.1 Å². The van der Waals surface area contributed by atoms with Gasteiger partial charge in [-0.05, 0) is 51.2 Å². The van der Waals surface area contributed by atoms with E-state index in [1.165, 1.54) is 12.3 Å². The first kappa shape index (κ1) is 37.4. The number of nitrogens with one attached hydrogen (secondary N) is 1. The number of aliphatic carboxylic acids is 1. The van der Waals surface area contributed by atoms with Crippen LogP contribution in [0.3, 0.4) is 0 Å². The van der Waals surface area contributed by atoms with Crippen molar-refractivity contribution in [1.82, 2.24) is 34.8 Å². The SMILES string of the molecule is COCC1(CN(C)c2cc(-c3cnc(C4CC4)c(C(F)(F)F)c3)nc3nc(-c4cnc(N5CCN(CCC(=O)[O-])[C@@H](C)C5)cn4)[nH]c23)CCC1.[Na+]. The quantitative estimate of drug-likeness (QED) is 0.212. The number of halogens is 3. The van der Waals surface area contributed by atoms with Gasteiger partial charge in [0.25, 0.3) is 0 Å². The van der Waals surface area contributed by atoms with Crippen LogP contribution in [0.4, 0.5) is 24.7 Å². The smallest absolute Gasteiger partial charge is 0.550 e. The number of piperazine rings is 1. The number of aromatic nitrogens is 6. The monoisotopic (exact) mass is 715 g/mol. The van der Waals surface area contributed by atoms with Gasteiger partial charge in [0.1, 0.15) is 17.0 Å². The van der Waals surface area contributed by atoms with Gasteiger partial charge in [0.15, 0.2) is 11.5 Å². The number of H-pyrrole nitrogens is 1. The topological polar surface area (TPSA) is 139 Å². The molecule has 2 aliphatic carbocycles. The van der Waals surface area contributed by atoms with Crippen molar-refractivity contribution in [3.05, 3.63) is 42.0 Å². The van der Waals surface area contributed by atoms with Crippen molar-refractivity contribution >= 4 is 28.6 Å². The van der Waals surface area contributed by atoms with E-state index in [1.54, 1.807) is 25.6 Å². The number of alkyl halides is 3. The molecule has 7 rings (SSSR count). The van der Waals surface area contributed by atoms with E-state index in [1.807, 2.05) is 7.05 Å². The van der Waals surface area contributed by atoms with Crippen molar-refractivity contribution in [3.63, 3.8) is 0 Å². The zero-order valence-electron chi connectivity index (χ0n) is 29.5. The number of carboxylic acids is 1. The minimum atomic E-state index is -4.53. The molecule has 51 heavy (non-hydrogen) atoms. The van der Waals surface area contributed by atoms with E-state index >= 15 is 0 Å². The third-order valence-electron chi connectivity index (χ3n) is 10.3. The number of fused-ring (bicyclic) bond motifs is 1. The molecule has 266 valence electrons. The Kier molecular flexibility index (Phi) is 10.9. The summed E-state index contributed by atoms with van der Waals surface area (Å²) in [5.41, 5.74) is 2.23. The van der Waals surface area contributed by atoms with Crippen LogP contribution in [-0.2, 0) is 15.7 Å². The number of carbonyl (C=O) groups excluding carboxylic acids is 1. The molecule has 4 aromatic heterocycles. The number of carbonyl (C=O) groups is 1. The average Bonchev–Trinajstić information content (AvgIpc) is 3.83. The van der Waals surface area contributed by atoms with Crippen molar-refractivity contribution in [1.29, 1.82) is 0 Å². The van der Waals surface area contributed by atoms with Gasteiger partial charge in [0.2, 0.25) is 0 Å². The largest absolute Gasteiger partial charge is 1.00 e. The maximum Gasteiger partial charge on any atom is 1.00 e. The van der Waals surface area contributed by atoms with E-state index in [0.29, 0.717) is 86.4 Å². The predicted octanol–water partition coefficient (Wildman–Crippen LogP) is 1.28. The molecular weight excluding hydrogens is 674 g/mol. The Bertz CT molecular complexity index is 1870. The summed E-state index contributed by atoms with van der Waals surface area (Å²) in [6.45, 7) is 5.84. The molecular formula is C35H41F3N9NaO3. The van der Waals surface area contributed by atoms with Crippen LogP contribution in [0.25, 0.3) is 33.9 Å². The van der Waals surface area contributed by atoms with Crippen LogP contribution in [0, 0.1) is 5.41 Å². The van der Waals surface area contributed by atoms with Gasteiger partial charge >= 0.3 is 35.7 Å². The number of rotatable bonds is 12. The minimum Gasteiger partial charge on any atom is -0.550 e. The fourth-order valence-electron chi connectivity index (χ4n) is 7.36. The summed E-state index contributed by atoms with van der Waals surface area (Å²) < 4.78 is 48.1. The normalized spacial score (nSPS) is 19.1. The standard InChI is InChI=1S/C35H42F3N9O3.Na/c1-21-18-47(12-11-46(21)10-7-29(48)49)28-17-39-26(16-40-28)32-43-31-27(45(2)19-34(20-50-3)8-4-9-34)14-25(42-33(31)44-32)23-13-24(35(36,37)38)30(41-15-23)22-5-6-22;/h13-17,21-22H,4-12,18-20H2,1-3H3,(H,48,49)(H,42,43,44);/q;+1/p-1/t21-;/m0./s1. The molecule has 16 heteroatoms. The molecule has 0 aromatic carbocycles. The van der Waals surface area contributed by atoms with Gasteiger partial charge in [0, 0.05) is 82.0 Å². The first-order valence-electron chi connectivity index (χ1n) is 17.1. The number of aromatic amines is 1. The Balaban J connectivity index is 0.00000448. The van der Waals surface area contributed by atoms with Gasteiger partial charge in [-0.3, -0.25) is 9.88 Å². The Morgan fingerprint density at radius 2 is 1.88 bits per heavy atom. The molecule has 1 saturated heterocycles. The molecule has 0 bridgehead atoms. The number of nitrogens with zero attached hydrogens (tertiary/aromatic N) is 8. The number of hydrogen-bond donors (Lipinski definition) is 1. The number of carboxylic acid groups (broad SMARTS) is 1. The summed E-state index contributed by atoms with van der Waals surface area (Å²) in [5.74, 6) is -0.0792. The Morgan fingerprint density at radius 3 is 2.49 bits per heavy atom. The molecule has 12 nitrogen and oxygen atoms in total. The molecule has 0 amide bonds. The second-order valence-corrected chi connectivity index (χ2v) is 14.1. The Labute approximate surface area is 316 Å². The molecule has 5 heterocycles. The Morgan fingerprint density at radius 1 is 1.10 bits per heavy atom. The van der Waals surface area contributed by atoms with Gasteiger partial charge in [-0.2, -0.15) is 13.2 Å². The van der Waals surface area contributed by atoms with Crippen LogP contribution in [-0.4, -0.2) is 100 Å². The number of anilines is 2. The Hall–Kier alpha value is -3.37. The number of ether oxygens (including phenoxy) is 1.